The maximum atomic E-state index is 12.5. The summed E-state index contributed by atoms with van der Waals surface area (Å²) < 4.78 is 18.6. The molecule has 0 fully saturated rings. The molecular weight excluding hydrogens is 247 g/mol. The van der Waals surface area contributed by atoms with E-state index in [4.69, 9.17) is 4.43 Å². The van der Waals surface area contributed by atoms with Crippen LogP contribution in [-0.2, 0) is 11.0 Å². The molecular formula is C13H23FOSi2. The predicted molar refractivity (Wildman–Crippen MR) is 77.7 cm³/mol. The van der Waals surface area contributed by atoms with Gasteiger partial charge in [-0.2, -0.15) is 0 Å². The van der Waals surface area contributed by atoms with Crippen molar-refractivity contribution in [1.82, 2.24) is 0 Å². The molecule has 0 spiro atoms. The van der Waals surface area contributed by atoms with E-state index in [9.17, 15) is 4.11 Å². The van der Waals surface area contributed by atoms with Crippen molar-refractivity contribution >= 4 is 23.4 Å². The summed E-state index contributed by atoms with van der Waals surface area (Å²) in [5, 5.41) is 1.10. The number of benzene rings is 1. The molecule has 0 heterocycles. The molecule has 1 aromatic carbocycles. The van der Waals surface area contributed by atoms with Gasteiger partial charge in [-0.15, -0.1) is 0 Å². The van der Waals surface area contributed by atoms with Crippen molar-refractivity contribution in [3.63, 3.8) is 0 Å². The third-order valence-electron chi connectivity index (χ3n) is 3.58. The highest BCUT2D eigenvalue weighted by atomic mass is 28.4. The lowest BCUT2D eigenvalue weighted by Crippen LogP contribution is -2.40. The minimum absolute atomic E-state index is 0.235. The van der Waals surface area contributed by atoms with E-state index in [1.807, 2.05) is 24.3 Å². The van der Waals surface area contributed by atoms with Crippen LogP contribution < -0.4 is 5.19 Å². The SMILES string of the molecule is CC(C)(C)[Si](C)(C)OCc1ccc([SiH2]F)cc1. The second-order valence-electron chi connectivity index (χ2n) is 6.00. The third kappa shape index (κ3) is 4.05. The van der Waals surface area contributed by atoms with Gasteiger partial charge in [0.1, 0.15) is 0 Å². The van der Waals surface area contributed by atoms with Gasteiger partial charge in [0.2, 0.25) is 9.85 Å². The summed E-state index contributed by atoms with van der Waals surface area (Å²) in [6, 6.07) is 7.73. The van der Waals surface area contributed by atoms with Gasteiger partial charge in [0, 0.05) is 0 Å². The van der Waals surface area contributed by atoms with Crippen LogP contribution in [0.4, 0.5) is 4.11 Å². The van der Waals surface area contributed by atoms with Crippen LogP contribution >= 0.6 is 0 Å². The van der Waals surface area contributed by atoms with Gasteiger partial charge in [0.25, 0.3) is 0 Å². The number of hydrogen-bond acceptors (Lipinski definition) is 1. The summed E-state index contributed by atoms with van der Waals surface area (Å²) in [6.07, 6.45) is 0. The first-order valence-corrected chi connectivity index (χ1v) is 10.2. The van der Waals surface area contributed by atoms with Gasteiger partial charge in [-0.3, -0.25) is 0 Å². The molecule has 0 aliphatic heterocycles. The van der Waals surface area contributed by atoms with Gasteiger partial charge in [0.05, 0.1) is 6.61 Å². The summed E-state index contributed by atoms with van der Waals surface area (Å²) >= 11 is 0. The molecule has 1 aromatic rings. The number of halogens is 1. The van der Waals surface area contributed by atoms with Gasteiger partial charge in [-0.05, 0) is 28.9 Å². The van der Waals surface area contributed by atoms with E-state index in [2.05, 4.69) is 33.9 Å². The van der Waals surface area contributed by atoms with Crippen molar-refractivity contribution in [3.8, 4) is 0 Å². The van der Waals surface area contributed by atoms with Crippen LogP contribution in [0.25, 0.3) is 0 Å². The first kappa shape index (κ1) is 14.6. The largest absolute Gasteiger partial charge is 0.413 e. The van der Waals surface area contributed by atoms with Crippen LogP contribution in [0.3, 0.4) is 0 Å². The molecule has 0 bridgehead atoms. The minimum atomic E-state index is -1.67. The first-order chi connectivity index (χ1) is 7.76. The predicted octanol–water partition coefficient (Wildman–Crippen LogP) is 2.89. The van der Waals surface area contributed by atoms with Crippen molar-refractivity contribution in [1.29, 1.82) is 0 Å². The van der Waals surface area contributed by atoms with Gasteiger partial charge in [-0.1, -0.05) is 45.0 Å². The third-order valence-corrected chi connectivity index (χ3v) is 8.84. The monoisotopic (exact) mass is 270 g/mol. The summed E-state index contributed by atoms with van der Waals surface area (Å²) in [5.41, 5.74) is 1.14. The molecule has 0 radical (unpaired) electrons. The minimum Gasteiger partial charge on any atom is -0.413 e. The molecule has 1 rings (SSSR count). The summed E-state index contributed by atoms with van der Waals surface area (Å²) in [6.45, 7) is 11.8. The fourth-order valence-electron chi connectivity index (χ4n) is 1.20. The van der Waals surface area contributed by atoms with E-state index in [-0.39, 0.29) is 5.04 Å². The quantitative estimate of drug-likeness (QED) is 0.604. The van der Waals surface area contributed by atoms with E-state index >= 15 is 0 Å². The highest BCUT2D eigenvalue weighted by molar-refractivity contribution is 6.74. The average molecular weight is 270 g/mol. The molecule has 0 aliphatic carbocycles. The lowest BCUT2D eigenvalue weighted by Gasteiger charge is -2.36. The normalized spacial score (nSPS) is 13.5. The Morgan fingerprint density at radius 2 is 1.71 bits per heavy atom. The molecule has 0 saturated carbocycles. The Labute approximate surface area is 108 Å². The molecule has 4 heteroatoms. The Morgan fingerprint density at radius 3 is 2.12 bits per heavy atom. The Bertz CT molecular complexity index is 355. The fraction of sp³-hybridized carbons (Fsp3) is 0.538. The standard InChI is InChI=1S/C13H23FOSi2/c1-13(2,3)17(4,5)15-10-11-6-8-12(16-14)9-7-11/h6-9H,10,16H2,1-5H3. The molecule has 0 N–H and O–H groups in total. The zero-order valence-electron chi connectivity index (χ0n) is 11.5. The van der Waals surface area contributed by atoms with E-state index in [1.54, 1.807) is 0 Å². The van der Waals surface area contributed by atoms with Gasteiger partial charge < -0.3 is 8.53 Å². The fourth-order valence-corrected chi connectivity index (χ4v) is 2.58. The van der Waals surface area contributed by atoms with Gasteiger partial charge >= 0.3 is 0 Å². The second kappa shape index (κ2) is 5.46. The Morgan fingerprint density at radius 1 is 1.18 bits per heavy atom. The van der Waals surface area contributed by atoms with E-state index in [0.717, 1.165) is 10.8 Å². The molecule has 0 unspecified atom stereocenters. The van der Waals surface area contributed by atoms with Gasteiger partial charge in [-0.25, -0.2) is 0 Å². The first-order valence-electron chi connectivity index (χ1n) is 6.04. The zero-order chi connectivity index (χ0) is 13.1. The van der Waals surface area contributed by atoms with Gasteiger partial charge in [0.15, 0.2) is 8.32 Å². The van der Waals surface area contributed by atoms with Crippen LogP contribution in [0.15, 0.2) is 24.3 Å². The average Bonchev–Trinajstić information content (AvgIpc) is 2.25. The summed E-state index contributed by atoms with van der Waals surface area (Å²) in [7, 11) is -3.20. The molecule has 0 aliphatic rings. The van der Waals surface area contributed by atoms with E-state index in [1.165, 1.54) is 0 Å². The van der Waals surface area contributed by atoms with Crippen molar-refractivity contribution in [2.75, 3.05) is 0 Å². The molecule has 0 aromatic heterocycles. The molecule has 0 amide bonds. The zero-order valence-corrected chi connectivity index (χ0v) is 13.9. The number of rotatable bonds is 4. The summed E-state index contributed by atoms with van der Waals surface area (Å²) in [5.74, 6) is 0. The van der Waals surface area contributed by atoms with Crippen molar-refractivity contribution < 1.29 is 8.53 Å². The Hall–Kier alpha value is -0.456. The van der Waals surface area contributed by atoms with Crippen molar-refractivity contribution in [2.45, 2.75) is 45.5 Å². The smallest absolute Gasteiger partial charge is 0.247 e. The summed E-state index contributed by atoms with van der Waals surface area (Å²) in [4.78, 5) is 0. The number of hydrogen-bond donors (Lipinski definition) is 0. The van der Waals surface area contributed by atoms with Crippen LogP contribution in [0.1, 0.15) is 26.3 Å². The van der Waals surface area contributed by atoms with Crippen LogP contribution in [0, 0.1) is 0 Å². The Kier molecular flexibility index (Phi) is 4.69. The lowest BCUT2D eigenvalue weighted by atomic mass is 10.2. The van der Waals surface area contributed by atoms with E-state index < -0.39 is 18.2 Å². The van der Waals surface area contributed by atoms with Crippen LogP contribution in [-0.4, -0.2) is 18.2 Å². The van der Waals surface area contributed by atoms with Crippen molar-refractivity contribution in [2.24, 2.45) is 0 Å². The molecule has 17 heavy (non-hydrogen) atoms. The van der Waals surface area contributed by atoms with E-state index in [0.29, 0.717) is 6.61 Å². The molecule has 96 valence electrons. The Balaban J connectivity index is 2.61. The highest BCUT2D eigenvalue weighted by Gasteiger charge is 2.36. The van der Waals surface area contributed by atoms with Crippen molar-refractivity contribution in [3.05, 3.63) is 29.8 Å². The molecule has 0 saturated heterocycles. The molecule has 1 nitrogen and oxygen atoms in total. The second-order valence-corrected chi connectivity index (χ2v) is 11.9. The lowest BCUT2D eigenvalue weighted by molar-refractivity contribution is 0.276. The van der Waals surface area contributed by atoms with Crippen LogP contribution in [0.5, 0.6) is 0 Å². The topological polar surface area (TPSA) is 9.23 Å². The highest BCUT2D eigenvalue weighted by Crippen LogP contribution is 2.36. The maximum Gasteiger partial charge on any atom is 0.247 e. The van der Waals surface area contributed by atoms with Crippen LogP contribution in [0.2, 0.25) is 18.1 Å². The maximum absolute atomic E-state index is 12.5. The molecule has 0 atom stereocenters.